The highest BCUT2D eigenvalue weighted by Crippen LogP contribution is 2.06. The lowest BCUT2D eigenvalue weighted by atomic mass is 10.2. The third-order valence-electron chi connectivity index (χ3n) is 2.01. The first-order valence-corrected chi connectivity index (χ1v) is 3.76. The molecular weight excluding hydrogens is 142 g/mol. The van der Waals surface area contributed by atoms with Gasteiger partial charge in [0.1, 0.15) is 0 Å². The Morgan fingerprint density at radius 1 is 1.45 bits per heavy atom. The van der Waals surface area contributed by atoms with Crippen LogP contribution in [0.15, 0.2) is 0 Å². The molecule has 0 radical (unpaired) electrons. The van der Waals surface area contributed by atoms with Gasteiger partial charge in [0.05, 0.1) is 40.7 Å². The molecule has 0 aliphatic heterocycles. The van der Waals surface area contributed by atoms with Crippen molar-refractivity contribution >= 4 is 5.97 Å². The van der Waals surface area contributed by atoms with E-state index in [4.69, 9.17) is 0 Å². The van der Waals surface area contributed by atoms with Crippen LogP contribution < -0.4 is 0 Å². The maximum absolute atomic E-state index is 10.8. The standard InChI is InChI=1S/C8H18NO2/c1-7(9(2,3)4)6-8(10)11-5/h7H,6H2,1-5H3/q+1. The van der Waals surface area contributed by atoms with Gasteiger partial charge in [0, 0.05) is 0 Å². The van der Waals surface area contributed by atoms with Crippen LogP contribution in [-0.4, -0.2) is 44.7 Å². The molecule has 0 spiro atoms. The molecule has 0 saturated heterocycles. The van der Waals surface area contributed by atoms with Gasteiger partial charge in [-0.05, 0) is 6.92 Å². The van der Waals surface area contributed by atoms with Crippen molar-refractivity contribution in [2.45, 2.75) is 19.4 Å². The van der Waals surface area contributed by atoms with Gasteiger partial charge < -0.3 is 9.22 Å². The van der Waals surface area contributed by atoms with E-state index in [1.165, 1.54) is 7.11 Å². The minimum absolute atomic E-state index is 0.134. The molecule has 0 rings (SSSR count). The number of ether oxygens (including phenoxy) is 1. The summed E-state index contributed by atoms with van der Waals surface area (Å²) in [6, 6.07) is 0.308. The number of quaternary nitrogens is 1. The van der Waals surface area contributed by atoms with E-state index in [1.807, 2.05) is 6.92 Å². The molecule has 1 atom stereocenters. The molecule has 0 aromatic heterocycles. The first-order chi connectivity index (χ1) is 4.88. The Balaban J connectivity index is 3.87. The summed E-state index contributed by atoms with van der Waals surface area (Å²) >= 11 is 0. The van der Waals surface area contributed by atoms with Crippen LogP contribution in [0, 0.1) is 0 Å². The molecule has 0 aliphatic rings. The van der Waals surface area contributed by atoms with Crippen molar-refractivity contribution in [3.05, 3.63) is 0 Å². The van der Waals surface area contributed by atoms with Gasteiger partial charge in [0.25, 0.3) is 0 Å². The number of esters is 1. The normalized spacial score (nSPS) is 14.3. The molecule has 3 heteroatoms. The molecule has 66 valence electrons. The van der Waals surface area contributed by atoms with Gasteiger partial charge in [-0.2, -0.15) is 0 Å². The predicted octanol–water partition coefficient (Wildman–Crippen LogP) is 0.644. The first-order valence-electron chi connectivity index (χ1n) is 3.76. The number of hydrogen-bond acceptors (Lipinski definition) is 2. The molecule has 0 heterocycles. The van der Waals surface area contributed by atoms with Gasteiger partial charge in [-0.1, -0.05) is 0 Å². The lowest BCUT2D eigenvalue weighted by molar-refractivity contribution is -0.893. The molecule has 0 N–H and O–H groups in total. The average molecular weight is 160 g/mol. The van der Waals surface area contributed by atoms with E-state index in [0.717, 1.165) is 4.48 Å². The summed E-state index contributed by atoms with van der Waals surface area (Å²) in [5, 5.41) is 0. The summed E-state index contributed by atoms with van der Waals surface area (Å²) in [5.74, 6) is -0.134. The average Bonchev–Trinajstić information content (AvgIpc) is 1.85. The van der Waals surface area contributed by atoms with Gasteiger partial charge in [0.15, 0.2) is 0 Å². The summed E-state index contributed by atoms with van der Waals surface area (Å²) in [5.41, 5.74) is 0. The van der Waals surface area contributed by atoms with Crippen LogP contribution >= 0.6 is 0 Å². The molecule has 0 aromatic rings. The molecule has 1 unspecified atom stereocenters. The predicted molar refractivity (Wildman–Crippen MR) is 44.1 cm³/mol. The molecule has 0 bridgehead atoms. The maximum Gasteiger partial charge on any atom is 0.311 e. The SMILES string of the molecule is COC(=O)CC(C)[N+](C)(C)C. The Bertz CT molecular complexity index is 138. The topological polar surface area (TPSA) is 26.3 Å². The second kappa shape index (κ2) is 3.72. The van der Waals surface area contributed by atoms with Crippen LogP contribution in [0.4, 0.5) is 0 Å². The van der Waals surface area contributed by atoms with Crippen LogP contribution in [0.3, 0.4) is 0 Å². The van der Waals surface area contributed by atoms with Crippen LogP contribution in [0.5, 0.6) is 0 Å². The summed E-state index contributed by atoms with van der Waals surface area (Å²) in [6.45, 7) is 2.04. The van der Waals surface area contributed by atoms with Crippen LogP contribution in [0.2, 0.25) is 0 Å². The lowest BCUT2D eigenvalue weighted by Crippen LogP contribution is -2.44. The van der Waals surface area contributed by atoms with Crippen molar-refractivity contribution < 1.29 is 14.0 Å². The first kappa shape index (κ1) is 10.4. The molecule has 0 saturated carbocycles. The van der Waals surface area contributed by atoms with Gasteiger partial charge in [-0.25, -0.2) is 0 Å². The second-order valence-corrected chi connectivity index (χ2v) is 3.75. The van der Waals surface area contributed by atoms with E-state index in [2.05, 4.69) is 25.9 Å². The van der Waals surface area contributed by atoms with E-state index < -0.39 is 0 Å². The minimum atomic E-state index is -0.134. The van der Waals surface area contributed by atoms with Crippen molar-refractivity contribution in [3.63, 3.8) is 0 Å². The highest BCUT2D eigenvalue weighted by atomic mass is 16.5. The van der Waals surface area contributed by atoms with E-state index in [1.54, 1.807) is 0 Å². The van der Waals surface area contributed by atoms with E-state index >= 15 is 0 Å². The Labute approximate surface area is 68.5 Å². The number of hydrogen-bond donors (Lipinski definition) is 0. The van der Waals surface area contributed by atoms with Crippen molar-refractivity contribution in [2.75, 3.05) is 28.3 Å². The fourth-order valence-corrected chi connectivity index (χ4v) is 0.598. The molecule has 11 heavy (non-hydrogen) atoms. The fraction of sp³-hybridized carbons (Fsp3) is 0.875. The van der Waals surface area contributed by atoms with Crippen molar-refractivity contribution in [1.82, 2.24) is 0 Å². The maximum atomic E-state index is 10.8. The zero-order valence-corrected chi connectivity index (χ0v) is 8.05. The van der Waals surface area contributed by atoms with E-state index in [0.29, 0.717) is 12.5 Å². The lowest BCUT2D eigenvalue weighted by Gasteiger charge is -2.30. The Kier molecular flexibility index (Phi) is 3.52. The smallest absolute Gasteiger partial charge is 0.311 e. The number of methoxy groups -OCH3 is 1. The number of carbonyl (C=O) groups is 1. The van der Waals surface area contributed by atoms with Gasteiger partial charge in [-0.3, -0.25) is 4.79 Å². The number of nitrogens with zero attached hydrogens (tertiary/aromatic N) is 1. The Hall–Kier alpha value is -0.570. The molecule has 3 nitrogen and oxygen atoms in total. The van der Waals surface area contributed by atoms with Crippen LogP contribution in [0.25, 0.3) is 0 Å². The molecule has 0 fully saturated rings. The molecular formula is C8H18NO2+. The third-order valence-corrected chi connectivity index (χ3v) is 2.01. The molecule has 0 aliphatic carbocycles. The van der Waals surface area contributed by atoms with Crippen molar-refractivity contribution in [2.24, 2.45) is 0 Å². The van der Waals surface area contributed by atoms with Crippen LogP contribution in [-0.2, 0) is 9.53 Å². The minimum Gasteiger partial charge on any atom is -0.469 e. The number of rotatable bonds is 3. The monoisotopic (exact) mass is 160 g/mol. The molecule has 0 amide bonds. The van der Waals surface area contributed by atoms with Gasteiger partial charge in [-0.15, -0.1) is 0 Å². The zero-order valence-electron chi connectivity index (χ0n) is 8.05. The van der Waals surface area contributed by atoms with E-state index in [-0.39, 0.29) is 5.97 Å². The fourth-order valence-electron chi connectivity index (χ4n) is 0.598. The summed E-state index contributed by atoms with van der Waals surface area (Å²) in [4.78, 5) is 10.8. The van der Waals surface area contributed by atoms with Crippen LogP contribution in [0.1, 0.15) is 13.3 Å². The summed E-state index contributed by atoms with van der Waals surface area (Å²) in [6.07, 6.45) is 0.486. The number of carbonyl (C=O) groups excluding carboxylic acids is 1. The highest BCUT2D eigenvalue weighted by molar-refractivity contribution is 5.69. The second-order valence-electron chi connectivity index (χ2n) is 3.75. The largest absolute Gasteiger partial charge is 0.469 e. The van der Waals surface area contributed by atoms with Crippen molar-refractivity contribution in [3.8, 4) is 0 Å². The highest BCUT2D eigenvalue weighted by Gasteiger charge is 2.21. The van der Waals surface area contributed by atoms with Gasteiger partial charge in [0.2, 0.25) is 0 Å². The third kappa shape index (κ3) is 3.98. The van der Waals surface area contributed by atoms with E-state index in [9.17, 15) is 4.79 Å². The summed E-state index contributed by atoms with van der Waals surface area (Å²) < 4.78 is 5.35. The van der Waals surface area contributed by atoms with Gasteiger partial charge >= 0.3 is 5.97 Å². The zero-order chi connectivity index (χ0) is 9.07. The Morgan fingerprint density at radius 2 is 1.91 bits per heavy atom. The van der Waals surface area contributed by atoms with Crippen molar-refractivity contribution in [1.29, 1.82) is 0 Å². The quantitative estimate of drug-likeness (QED) is 0.447. The molecule has 0 aromatic carbocycles. The summed E-state index contributed by atoms with van der Waals surface area (Å²) in [7, 11) is 7.61. The Morgan fingerprint density at radius 3 is 2.18 bits per heavy atom.